The third kappa shape index (κ3) is 6.87. The number of amides is 1. The van der Waals surface area contributed by atoms with Gasteiger partial charge in [-0.25, -0.2) is 17.8 Å². The van der Waals surface area contributed by atoms with Crippen LogP contribution in [0.4, 0.5) is 16.2 Å². The molecule has 1 amide bonds. The van der Waals surface area contributed by atoms with E-state index >= 15 is 0 Å². The van der Waals surface area contributed by atoms with Gasteiger partial charge in [0.1, 0.15) is 11.6 Å². The smallest absolute Gasteiger partial charge is 0.225 e. The van der Waals surface area contributed by atoms with Crippen LogP contribution < -0.4 is 15.5 Å². The standard InChI is InChI=1S/C36H42FN5O3S/c1-22-30(19-23-9-16-27(17-10-23)46(4,44)45)28-18-11-24(37)20-32(28)31(22)21-34(43)38-25-12-14-26(15-13-25)39-36-40-33-8-6-5-7-29(33)35(41-36)42(2)3/h9-11,16-20,25-26H,5-8,12-15,21H2,1-4H3,(H,38,43)(H,39,40,41)/b30-19+/t25-,26+. The molecule has 2 N–H and O–H groups in total. The number of anilines is 2. The number of hydrogen-bond acceptors (Lipinski definition) is 7. The Bertz CT molecular complexity index is 1820. The number of allylic oxidation sites excluding steroid dienone is 2. The van der Waals surface area contributed by atoms with E-state index in [2.05, 4.69) is 15.5 Å². The van der Waals surface area contributed by atoms with Gasteiger partial charge in [-0.15, -0.1) is 0 Å². The van der Waals surface area contributed by atoms with E-state index in [9.17, 15) is 17.6 Å². The van der Waals surface area contributed by atoms with E-state index in [4.69, 9.17) is 9.97 Å². The molecule has 3 aliphatic carbocycles. The largest absolute Gasteiger partial charge is 0.362 e. The first-order valence-corrected chi connectivity index (χ1v) is 18.0. The number of sulfone groups is 1. The van der Waals surface area contributed by atoms with Gasteiger partial charge in [0.15, 0.2) is 9.84 Å². The number of aryl methyl sites for hydroxylation is 1. The Morgan fingerprint density at radius 1 is 0.978 bits per heavy atom. The molecule has 3 aromatic rings. The molecule has 1 aromatic heterocycles. The fourth-order valence-corrected chi connectivity index (χ4v) is 7.60. The molecule has 0 spiro atoms. The maximum atomic E-state index is 14.4. The third-order valence-corrected chi connectivity index (χ3v) is 10.5. The van der Waals surface area contributed by atoms with Crippen molar-refractivity contribution in [3.63, 3.8) is 0 Å². The topological polar surface area (TPSA) is 104 Å². The van der Waals surface area contributed by atoms with Crippen molar-refractivity contribution in [3.8, 4) is 0 Å². The number of carbonyl (C=O) groups excluding carboxylic acids is 1. The summed E-state index contributed by atoms with van der Waals surface area (Å²) in [5.41, 5.74) is 7.47. The molecule has 242 valence electrons. The maximum absolute atomic E-state index is 14.4. The maximum Gasteiger partial charge on any atom is 0.225 e. The number of halogens is 1. The van der Waals surface area contributed by atoms with Crippen molar-refractivity contribution in [2.75, 3.05) is 30.6 Å². The van der Waals surface area contributed by atoms with Crippen LogP contribution in [0.25, 0.3) is 17.2 Å². The zero-order valence-electron chi connectivity index (χ0n) is 27.0. The van der Waals surface area contributed by atoms with Gasteiger partial charge in [-0.3, -0.25) is 4.79 Å². The van der Waals surface area contributed by atoms with Crippen molar-refractivity contribution in [3.05, 3.63) is 81.8 Å². The van der Waals surface area contributed by atoms with Gasteiger partial charge in [-0.05, 0) is 122 Å². The van der Waals surface area contributed by atoms with E-state index in [0.29, 0.717) is 5.95 Å². The van der Waals surface area contributed by atoms with E-state index < -0.39 is 9.84 Å². The molecule has 8 nitrogen and oxygen atoms in total. The predicted molar refractivity (Wildman–Crippen MR) is 182 cm³/mol. The predicted octanol–water partition coefficient (Wildman–Crippen LogP) is 6.22. The first kappa shape index (κ1) is 31.9. The number of hydrogen-bond donors (Lipinski definition) is 2. The van der Waals surface area contributed by atoms with Crippen molar-refractivity contribution in [2.45, 2.75) is 81.7 Å². The summed E-state index contributed by atoms with van der Waals surface area (Å²) in [6.45, 7) is 1.96. The highest BCUT2D eigenvalue weighted by Gasteiger charge is 2.28. The zero-order chi connectivity index (χ0) is 32.6. The first-order valence-electron chi connectivity index (χ1n) is 16.1. The second-order valence-corrected chi connectivity index (χ2v) is 15.0. The SMILES string of the molecule is CC1=C(CC(=O)N[C@H]2CC[C@@H](Nc3nc4c(c(N(C)C)n3)CCCC4)CC2)c2cc(F)ccc2/C1=C/c1ccc(S(C)(=O)=O)cc1. The Morgan fingerprint density at radius 3 is 2.37 bits per heavy atom. The van der Waals surface area contributed by atoms with E-state index in [-0.39, 0.29) is 35.1 Å². The Labute approximate surface area is 271 Å². The van der Waals surface area contributed by atoms with E-state index in [0.717, 1.165) is 89.9 Å². The summed E-state index contributed by atoms with van der Waals surface area (Å²) in [6, 6.07) is 11.7. The van der Waals surface area contributed by atoms with E-state index in [1.165, 1.54) is 30.4 Å². The summed E-state index contributed by atoms with van der Waals surface area (Å²) in [4.78, 5) is 25.4. The molecule has 6 rings (SSSR count). The number of benzene rings is 2. The van der Waals surface area contributed by atoms with Crippen molar-refractivity contribution in [1.29, 1.82) is 0 Å². The highest BCUT2D eigenvalue weighted by atomic mass is 32.2. The first-order chi connectivity index (χ1) is 22.0. The molecule has 0 atom stereocenters. The summed E-state index contributed by atoms with van der Waals surface area (Å²) >= 11 is 0. The number of rotatable bonds is 8. The molecule has 1 saturated carbocycles. The Hall–Kier alpha value is -4.05. The molecule has 1 heterocycles. The molecule has 0 radical (unpaired) electrons. The van der Waals surface area contributed by atoms with Gasteiger partial charge in [0.2, 0.25) is 11.9 Å². The van der Waals surface area contributed by atoms with Crippen LogP contribution in [0.15, 0.2) is 52.9 Å². The quantitative estimate of drug-likeness (QED) is 0.300. The average Bonchev–Trinajstić information content (AvgIpc) is 3.26. The fraction of sp³-hybridized carbons (Fsp3) is 0.417. The monoisotopic (exact) mass is 643 g/mol. The van der Waals surface area contributed by atoms with Gasteiger partial charge in [0, 0.05) is 38.0 Å². The van der Waals surface area contributed by atoms with Gasteiger partial charge >= 0.3 is 0 Å². The molecular formula is C36H42FN5O3S. The summed E-state index contributed by atoms with van der Waals surface area (Å²) in [7, 11) is 0.769. The van der Waals surface area contributed by atoms with Gasteiger partial charge in [-0.1, -0.05) is 18.2 Å². The molecule has 1 fully saturated rings. The van der Waals surface area contributed by atoms with Crippen molar-refractivity contribution in [1.82, 2.24) is 15.3 Å². The highest BCUT2D eigenvalue weighted by Crippen LogP contribution is 2.44. The normalized spacial score (nSPS) is 20.3. The van der Waals surface area contributed by atoms with Gasteiger partial charge in [-0.2, -0.15) is 4.98 Å². The number of carbonyl (C=O) groups is 1. The number of fused-ring (bicyclic) bond motifs is 2. The Kier molecular flexibility index (Phi) is 9.01. The summed E-state index contributed by atoms with van der Waals surface area (Å²) in [6.07, 6.45) is 11.2. The number of nitrogens with one attached hydrogen (secondary N) is 2. The van der Waals surface area contributed by atoms with Gasteiger partial charge < -0.3 is 15.5 Å². The second kappa shape index (κ2) is 13.0. The molecule has 0 unspecified atom stereocenters. The van der Waals surface area contributed by atoms with Crippen LogP contribution in [0.1, 0.15) is 79.8 Å². The minimum absolute atomic E-state index is 0.0741. The van der Waals surface area contributed by atoms with Crippen LogP contribution in [-0.4, -0.2) is 56.7 Å². The zero-order valence-corrected chi connectivity index (χ0v) is 27.8. The second-order valence-electron chi connectivity index (χ2n) is 13.0. The van der Waals surface area contributed by atoms with Crippen LogP contribution in [0.3, 0.4) is 0 Å². The summed E-state index contributed by atoms with van der Waals surface area (Å²) < 4.78 is 38.2. The lowest BCUT2D eigenvalue weighted by atomic mass is 9.91. The Morgan fingerprint density at radius 2 is 1.67 bits per heavy atom. The Balaban J connectivity index is 1.11. The third-order valence-electron chi connectivity index (χ3n) is 9.42. The highest BCUT2D eigenvalue weighted by molar-refractivity contribution is 7.90. The molecule has 0 saturated heterocycles. The number of nitrogens with zero attached hydrogens (tertiary/aromatic N) is 3. The average molecular weight is 644 g/mol. The number of aromatic nitrogens is 2. The van der Waals surface area contributed by atoms with Crippen LogP contribution in [-0.2, 0) is 27.5 Å². The van der Waals surface area contributed by atoms with Crippen LogP contribution in [0, 0.1) is 5.82 Å². The molecule has 10 heteroatoms. The lowest BCUT2D eigenvalue weighted by molar-refractivity contribution is -0.121. The minimum Gasteiger partial charge on any atom is -0.362 e. The van der Waals surface area contributed by atoms with Crippen molar-refractivity contribution >= 4 is 44.7 Å². The minimum atomic E-state index is -3.30. The van der Waals surface area contributed by atoms with E-state index in [1.807, 2.05) is 27.1 Å². The molecule has 2 aromatic carbocycles. The lowest BCUT2D eigenvalue weighted by Gasteiger charge is -2.30. The molecule has 0 bridgehead atoms. The summed E-state index contributed by atoms with van der Waals surface area (Å²) in [5.74, 6) is 1.28. The van der Waals surface area contributed by atoms with Crippen LogP contribution in [0.5, 0.6) is 0 Å². The summed E-state index contributed by atoms with van der Waals surface area (Å²) in [5, 5.41) is 6.81. The van der Waals surface area contributed by atoms with Gasteiger partial charge in [0.05, 0.1) is 17.0 Å². The molecular weight excluding hydrogens is 601 g/mol. The lowest BCUT2D eigenvalue weighted by Crippen LogP contribution is -2.40. The van der Waals surface area contributed by atoms with Crippen LogP contribution >= 0.6 is 0 Å². The van der Waals surface area contributed by atoms with Crippen molar-refractivity contribution in [2.24, 2.45) is 0 Å². The fourth-order valence-electron chi connectivity index (χ4n) is 6.97. The van der Waals surface area contributed by atoms with Crippen LogP contribution in [0.2, 0.25) is 0 Å². The van der Waals surface area contributed by atoms with E-state index in [1.54, 1.807) is 30.3 Å². The molecule has 46 heavy (non-hydrogen) atoms. The molecule has 3 aliphatic rings. The van der Waals surface area contributed by atoms with Crippen molar-refractivity contribution < 1.29 is 17.6 Å². The molecule has 0 aliphatic heterocycles. The van der Waals surface area contributed by atoms with Gasteiger partial charge in [0.25, 0.3) is 0 Å².